The van der Waals surface area contributed by atoms with E-state index in [0.29, 0.717) is 36.5 Å². The summed E-state index contributed by atoms with van der Waals surface area (Å²) in [5, 5.41) is 10.3. The Labute approximate surface area is 251 Å². The van der Waals surface area contributed by atoms with Crippen LogP contribution in [-0.2, 0) is 30.5 Å². The SMILES string of the molecule is O=C(O)CN(CCc1ccccc1)C(=O)c1cnc(N2CCC[C@H]2Cc2ccc(Cl)cc2)nc1CCc1ccccc1. The lowest BCUT2D eigenvalue weighted by Crippen LogP contribution is -2.38. The van der Waals surface area contributed by atoms with Crippen LogP contribution in [0.25, 0.3) is 0 Å². The highest BCUT2D eigenvalue weighted by molar-refractivity contribution is 6.30. The van der Waals surface area contributed by atoms with Crippen molar-refractivity contribution >= 4 is 29.4 Å². The van der Waals surface area contributed by atoms with E-state index in [1.807, 2.05) is 60.7 Å². The van der Waals surface area contributed by atoms with Gasteiger partial charge in [-0.25, -0.2) is 9.97 Å². The zero-order chi connectivity index (χ0) is 29.3. The van der Waals surface area contributed by atoms with Gasteiger partial charge in [0, 0.05) is 30.4 Å². The summed E-state index contributed by atoms with van der Waals surface area (Å²) < 4.78 is 0. The molecule has 7 nitrogen and oxygen atoms in total. The standard InChI is InChI=1S/C34H35ClN4O3/c35-28-16-13-27(14-17-28)22-29-12-7-20-39(29)34-36-23-30(31(37-34)18-15-25-8-3-1-4-9-25)33(42)38(24-32(40)41)21-19-26-10-5-2-6-11-26/h1-6,8-11,13-14,16-17,23,29H,7,12,15,18-22,24H2,(H,40,41)/t29-/m0/s1. The molecule has 1 saturated heterocycles. The Kier molecular flexibility index (Phi) is 9.82. The molecule has 216 valence electrons. The van der Waals surface area contributed by atoms with Crippen LogP contribution in [0.4, 0.5) is 5.95 Å². The minimum absolute atomic E-state index is 0.240. The number of aryl methyl sites for hydroxylation is 2. The second-order valence-corrected chi connectivity index (χ2v) is 11.1. The number of benzene rings is 3. The highest BCUT2D eigenvalue weighted by atomic mass is 35.5. The van der Waals surface area contributed by atoms with Gasteiger partial charge in [0.1, 0.15) is 6.54 Å². The molecule has 1 N–H and O–H groups in total. The van der Waals surface area contributed by atoms with E-state index in [1.165, 1.54) is 10.5 Å². The second kappa shape index (κ2) is 14.1. The van der Waals surface area contributed by atoms with Crippen molar-refractivity contribution < 1.29 is 14.7 Å². The van der Waals surface area contributed by atoms with E-state index in [-0.39, 0.29) is 25.0 Å². The van der Waals surface area contributed by atoms with E-state index in [9.17, 15) is 14.7 Å². The molecule has 1 aliphatic heterocycles. The fraction of sp³-hybridized carbons (Fsp3) is 0.294. The van der Waals surface area contributed by atoms with Crippen molar-refractivity contribution in [3.63, 3.8) is 0 Å². The van der Waals surface area contributed by atoms with Crippen LogP contribution in [-0.4, -0.2) is 57.5 Å². The van der Waals surface area contributed by atoms with Crippen LogP contribution < -0.4 is 4.90 Å². The zero-order valence-electron chi connectivity index (χ0n) is 23.5. The number of carbonyl (C=O) groups excluding carboxylic acids is 1. The molecule has 1 fully saturated rings. The predicted octanol–water partition coefficient (Wildman–Crippen LogP) is 5.90. The molecule has 5 rings (SSSR count). The summed E-state index contributed by atoms with van der Waals surface area (Å²) >= 11 is 6.09. The molecule has 42 heavy (non-hydrogen) atoms. The number of carboxylic acid groups (broad SMARTS) is 1. The van der Waals surface area contributed by atoms with Gasteiger partial charge in [-0.2, -0.15) is 0 Å². The lowest BCUT2D eigenvalue weighted by molar-refractivity contribution is -0.137. The van der Waals surface area contributed by atoms with Crippen molar-refractivity contribution in [3.8, 4) is 0 Å². The second-order valence-electron chi connectivity index (χ2n) is 10.7. The lowest BCUT2D eigenvalue weighted by Gasteiger charge is -2.26. The first-order valence-corrected chi connectivity index (χ1v) is 14.8. The topological polar surface area (TPSA) is 86.6 Å². The van der Waals surface area contributed by atoms with Crippen LogP contribution in [0.1, 0.15) is 45.6 Å². The number of hydrogen-bond donors (Lipinski definition) is 1. The zero-order valence-corrected chi connectivity index (χ0v) is 24.3. The minimum Gasteiger partial charge on any atom is -0.480 e. The fourth-order valence-corrected chi connectivity index (χ4v) is 5.65. The lowest BCUT2D eigenvalue weighted by atomic mass is 10.0. The summed E-state index contributed by atoms with van der Waals surface area (Å²) in [5.74, 6) is -0.802. The van der Waals surface area contributed by atoms with Crippen molar-refractivity contribution in [3.05, 3.63) is 124 Å². The molecule has 0 saturated carbocycles. The fourth-order valence-electron chi connectivity index (χ4n) is 5.52. The third kappa shape index (κ3) is 7.74. The Morgan fingerprint density at radius 3 is 2.21 bits per heavy atom. The van der Waals surface area contributed by atoms with Crippen molar-refractivity contribution in [2.75, 3.05) is 24.5 Å². The molecule has 3 aromatic carbocycles. The third-order valence-electron chi connectivity index (χ3n) is 7.72. The Morgan fingerprint density at radius 2 is 1.55 bits per heavy atom. The van der Waals surface area contributed by atoms with Crippen LogP contribution in [0.2, 0.25) is 5.02 Å². The maximum atomic E-state index is 13.9. The molecule has 8 heteroatoms. The normalized spacial score (nSPS) is 14.6. The summed E-state index contributed by atoms with van der Waals surface area (Å²) in [6.07, 6.45) is 6.31. The minimum atomic E-state index is -1.05. The molecule has 0 radical (unpaired) electrons. The number of carboxylic acids is 1. The Morgan fingerprint density at radius 1 is 0.881 bits per heavy atom. The molecule has 1 amide bonds. The average Bonchev–Trinajstić information content (AvgIpc) is 3.48. The molecule has 0 bridgehead atoms. The molecule has 2 heterocycles. The molecular weight excluding hydrogens is 548 g/mol. The van der Waals surface area contributed by atoms with Gasteiger partial charge < -0.3 is 14.9 Å². The van der Waals surface area contributed by atoms with Gasteiger partial charge in [-0.1, -0.05) is 84.4 Å². The van der Waals surface area contributed by atoms with Crippen LogP contribution in [0.5, 0.6) is 0 Å². The van der Waals surface area contributed by atoms with Crippen molar-refractivity contribution in [2.24, 2.45) is 0 Å². The van der Waals surface area contributed by atoms with Gasteiger partial charge in [-0.3, -0.25) is 9.59 Å². The van der Waals surface area contributed by atoms with E-state index in [1.54, 1.807) is 6.20 Å². The molecule has 0 unspecified atom stereocenters. The molecule has 1 aliphatic rings. The molecule has 4 aromatic rings. The van der Waals surface area contributed by atoms with Gasteiger partial charge in [0.15, 0.2) is 0 Å². The van der Waals surface area contributed by atoms with E-state index < -0.39 is 5.97 Å². The van der Waals surface area contributed by atoms with Crippen LogP contribution in [0, 0.1) is 0 Å². The molecule has 1 atom stereocenters. The third-order valence-corrected chi connectivity index (χ3v) is 7.98. The summed E-state index contributed by atoms with van der Waals surface area (Å²) in [6.45, 7) is 0.733. The van der Waals surface area contributed by atoms with Crippen LogP contribution in [0.3, 0.4) is 0 Å². The van der Waals surface area contributed by atoms with Crippen molar-refractivity contribution in [1.29, 1.82) is 0 Å². The quantitative estimate of drug-likeness (QED) is 0.224. The smallest absolute Gasteiger partial charge is 0.323 e. The highest BCUT2D eigenvalue weighted by Crippen LogP contribution is 2.27. The first-order chi connectivity index (χ1) is 20.5. The van der Waals surface area contributed by atoms with Gasteiger partial charge in [0.2, 0.25) is 5.95 Å². The number of halogens is 1. The Hall–Kier alpha value is -4.23. The molecule has 1 aromatic heterocycles. The largest absolute Gasteiger partial charge is 0.480 e. The first kappa shape index (κ1) is 29.3. The number of amides is 1. The number of aromatic nitrogens is 2. The summed E-state index contributed by atoms with van der Waals surface area (Å²) in [5.41, 5.74) is 4.38. The number of hydrogen-bond acceptors (Lipinski definition) is 5. The summed E-state index contributed by atoms with van der Waals surface area (Å²) in [6, 6.07) is 28.0. The monoisotopic (exact) mass is 582 g/mol. The van der Waals surface area contributed by atoms with Gasteiger partial charge >= 0.3 is 5.97 Å². The van der Waals surface area contributed by atoms with Gasteiger partial charge in [0.25, 0.3) is 5.91 Å². The van der Waals surface area contributed by atoms with Gasteiger partial charge in [0.05, 0.1) is 11.3 Å². The van der Waals surface area contributed by atoms with Crippen molar-refractivity contribution in [2.45, 2.75) is 44.6 Å². The number of rotatable bonds is 12. The Bertz CT molecular complexity index is 1480. The van der Waals surface area contributed by atoms with E-state index in [4.69, 9.17) is 16.6 Å². The molecular formula is C34H35ClN4O3. The predicted molar refractivity (Wildman–Crippen MR) is 165 cm³/mol. The Balaban J connectivity index is 1.41. The summed E-state index contributed by atoms with van der Waals surface area (Å²) in [4.78, 5) is 38.9. The van der Waals surface area contributed by atoms with Gasteiger partial charge in [-0.05, 0) is 67.3 Å². The highest BCUT2D eigenvalue weighted by Gasteiger charge is 2.29. The first-order valence-electron chi connectivity index (χ1n) is 14.4. The number of carbonyl (C=O) groups is 2. The number of aliphatic carboxylic acids is 1. The van der Waals surface area contributed by atoms with E-state index >= 15 is 0 Å². The van der Waals surface area contributed by atoms with Crippen LogP contribution in [0.15, 0.2) is 91.1 Å². The van der Waals surface area contributed by atoms with Crippen molar-refractivity contribution in [1.82, 2.24) is 14.9 Å². The van der Waals surface area contributed by atoms with Gasteiger partial charge in [-0.15, -0.1) is 0 Å². The maximum Gasteiger partial charge on any atom is 0.323 e. The maximum absolute atomic E-state index is 13.9. The molecule has 0 aliphatic carbocycles. The van der Waals surface area contributed by atoms with Crippen LogP contribution >= 0.6 is 11.6 Å². The van der Waals surface area contributed by atoms with E-state index in [2.05, 4.69) is 34.1 Å². The average molecular weight is 583 g/mol. The number of nitrogens with zero attached hydrogens (tertiary/aromatic N) is 4. The van der Waals surface area contributed by atoms with E-state index in [0.717, 1.165) is 42.0 Å². The number of anilines is 1. The summed E-state index contributed by atoms with van der Waals surface area (Å²) in [7, 11) is 0. The molecule has 0 spiro atoms.